The second-order valence-electron chi connectivity index (χ2n) is 4.52. The molecule has 0 heterocycles. The van der Waals surface area contributed by atoms with Gasteiger partial charge in [-0.1, -0.05) is 6.92 Å². The van der Waals surface area contributed by atoms with E-state index in [0.29, 0.717) is 5.69 Å². The maximum atomic E-state index is 12.9. The average molecular weight is 307 g/mol. The molecule has 0 aliphatic rings. The highest BCUT2D eigenvalue weighted by Gasteiger charge is 2.30. The summed E-state index contributed by atoms with van der Waals surface area (Å²) >= 11 is 0. The topological polar surface area (TPSA) is 58.4 Å². The molecular formula is C13H17F4N3O. The fraction of sp³-hybridized carbons (Fsp3) is 0.462. The number of hydrogen-bond acceptors (Lipinski definition) is 3. The van der Waals surface area contributed by atoms with Gasteiger partial charge in [0.15, 0.2) is 0 Å². The molecule has 0 radical (unpaired) electrons. The summed E-state index contributed by atoms with van der Waals surface area (Å²) in [5.74, 6) is -1.06. The Labute approximate surface area is 119 Å². The number of benzene rings is 1. The monoisotopic (exact) mass is 307 g/mol. The van der Waals surface area contributed by atoms with Crippen molar-refractivity contribution in [2.45, 2.75) is 19.5 Å². The van der Waals surface area contributed by atoms with Crippen LogP contribution >= 0.6 is 0 Å². The maximum absolute atomic E-state index is 12.9. The number of nitrogens with one attached hydrogen (secondary N) is 1. The van der Waals surface area contributed by atoms with Crippen molar-refractivity contribution in [2.24, 2.45) is 0 Å². The zero-order chi connectivity index (χ0) is 16.0. The smallest absolute Gasteiger partial charge is 0.396 e. The lowest BCUT2D eigenvalue weighted by Gasteiger charge is -2.21. The van der Waals surface area contributed by atoms with Crippen LogP contribution in [0, 0.1) is 5.82 Å². The minimum absolute atomic E-state index is 0.0154. The molecule has 0 bridgehead atoms. The van der Waals surface area contributed by atoms with Crippen molar-refractivity contribution >= 4 is 17.3 Å². The molecule has 0 spiro atoms. The summed E-state index contributed by atoms with van der Waals surface area (Å²) in [5, 5.41) is 2.46. The Bertz CT molecular complexity index is 491. The maximum Gasteiger partial charge on any atom is 0.401 e. The summed E-state index contributed by atoms with van der Waals surface area (Å²) in [6, 6.07) is 3.68. The predicted molar refractivity (Wildman–Crippen MR) is 72.2 cm³/mol. The van der Waals surface area contributed by atoms with Crippen LogP contribution in [0.4, 0.5) is 28.9 Å². The van der Waals surface area contributed by atoms with E-state index < -0.39 is 24.4 Å². The quantitative estimate of drug-likeness (QED) is 0.627. The molecule has 1 rings (SSSR count). The van der Waals surface area contributed by atoms with Crippen molar-refractivity contribution in [3.05, 3.63) is 24.0 Å². The van der Waals surface area contributed by atoms with Gasteiger partial charge in [0.05, 0.1) is 12.2 Å². The third kappa shape index (κ3) is 6.44. The van der Waals surface area contributed by atoms with Gasteiger partial charge in [-0.25, -0.2) is 4.39 Å². The number of anilines is 2. The number of alkyl halides is 3. The van der Waals surface area contributed by atoms with Crippen LogP contribution < -0.4 is 11.1 Å². The molecule has 0 saturated heterocycles. The number of carbonyl (C=O) groups excluding carboxylic acids is 1. The Hall–Kier alpha value is -1.83. The van der Waals surface area contributed by atoms with Gasteiger partial charge >= 0.3 is 6.18 Å². The number of nitrogen functional groups attached to an aromatic ring is 1. The third-order valence-electron chi connectivity index (χ3n) is 2.78. The van der Waals surface area contributed by atoms with Crippen molar-refractivity contribution in [3.8, 4) is 0 Å². The van der Waals surface area contributed by atoms with Gasteiger partial charge in [0.25, 0.3) is 0 Å². The lowest BCUT2D eigenvalue weighted by atomic mass is 10.2. The molecule has 1 aromatic rings. The van der Waals surface area contributed by atoms with E-state index in [1.807, 2.05) is 0 Å². The van der Waals surface area contributed by atoms with Crippen molar-refractivity contribution in [2.75, 3.05) is 30.7 Å². The first-order valence-corrected chi connectivity index (χ1v) is 6.35. The lowest BCUT2D eigenvalue weighted by Crippen LogP contribution is -2.36. The SMILES string of the molecule is CCN(CCC(=O)Nc1ccc(F)c(N)c1)CC(F)(F)F. The van der Waals surface area contributed by atoms with E-state index in [2.05, 4.69) is 5.32 Å². The first kappa shape index (κ1) is 17.2. The number of amides is 1. The number of nitrogens with zero attached hydrogens (tertiary/aromatic N) is 1. The van der Waals surface area contributed by atoms with Crippen molar-refractivity contribution in [3.63, 3.8) is 0 Å². The van der Waals surface area contributed by atoms with E-state index in [0.717, 1.165) is 11.0 Å². The van der Waals surface area contributed by atoms with Crippen LogP contribution in [-0.4, -0.2) is 36.6 Å². The van der Waals surface area contributed by atoms with Crippen LogP contribution in [0.2, 0.25) is 0 Å². The molecule has 118 valence electrons. The zero-order valence-corrected chi connectivity index (χ0v) is 11.5. The van der Waals surface area contributed by atoms with Gasteiger partial charge in [-0.05, 0) is 24.7 Å². The molecule has 0 aromatic heterocycles. The Morgan fingerprint density at radius 1 is 1.38 bits per heavy atom. The highest BCUT2D eigenvalue weighted by atomic mass is 19.4. The molecule has 3 N–H and O–H groups in total. The summed E-state index contributed by atoms with van der Waals surface area (Å²) in [6.45, 7) is 0.708. The molecule has 0 saturated carbocycles. The van der Waals surface area contributed by atoms with Gasteiger partial charge in [0, 0.05) is 18.7 Å². The van der Waals surface area contributed by atoms with Gasteiger partial charge in [-0.2, -0.15) is 13.2 Å². The third-order valence-corrected chi connectivity index (χ3v) is 2.78. The Kier molecular flexibility index (Phi) is 5.95. The molecule has 1 amide bonds. The fourth-order valence-corrected chi connectivity index (χ4v) is 1.71. The van der Waals surface area contributed by atoms with Gasteiger partial charge in [0.1, 0.15) is 5.82 Å². The second kappa shape index (κ2) is 7.26. The summed E-state index contributed by atoms with van der Waals surface area (Å²) in [7, 11) is 0. The van der Waals surface area contributed by atoms with E-state index in [9.17, 15) is 22.4 Å². The molecule has 8 heteroatoms. The van der Waals surface area contributed by atoms with Gasteiger partial charge in [0.2, 0.25) is 5.91 Å². The molecule has 21 heavy (non-hydrogen) atoms. The van der Waals surface area contributed by atoms with Gasteiger partial charge in [-0.3, -0.25) is 9.69 Å². The van der Waals surface area contributed by atoms with Crippen LogP contribution in [0.3, 0.4) is 0 Å². The normalized spacial score (nSPS) is 11.7. The number of nitrogens with two attached hydrogens (primary N) is 1. The number of hydrogen-bond donors (Lipinski definition) is 2. The Morgan fingerprint density at radius 2 is 2.05 bits per heavy atom. The number of rotatable bonds is 6. The summed E-state index contributed by atoms with van der Waals surface area (Å²) in [6.07, 6.45) is -4.39. The molecule has 4 nitrogen and oxygen atoms in total. The van der Waals surface area contributed by atoms with E-state index in [-0.39, 0.29) is 25.2 Å². The molecule has 0 aliphatic heterocycles. The summed E-state index contributed by atoms with van der Waals surface area (Å²) < 4.78 is 49.7. The summed E-state index contributed by atoms with van der Waals surface area (Å²) in [4.78, 5) is 12.8. The van der Waals surface area contributed by atoms with Crippen LogP contribution in [0.1, 0.15) is 13.3 Å². The zero-order valence-electron chi connectivity index (χ0n) is 11.5. The molecule has 0 atom stereocenters. The molecular weight excluding hydrogens is 290 g/mol. The van der Waals surface area contributed by atoms with Crippen molar-refractivity contribution < 1.29 is 22.4 Å². The lowest BCUT2D eigenvalue weighted by molar-refractivity contribution is -0.146. The fourth-order valence-electron chi connectivity index (χ4n) is 1.71. The minimum Gasteiger partial charge on any atom is -0.396 e. The Balaban J connectivity index is 2.47. The van der Waals surface area contributed by atoms with Crippen molar-refractivity contribution in [1.29, 1.82) is 0 Å². The second-order valence-corrected chi connectivity index (χ2v) is 4.52. The number of carbonyl (C=O) groups is 1. The van der Waals surface area contributed by atoms with E-state index in [1.54, 1.807) is 6.92 Å². The standard InChI is InChI=1S/C13H17F4N3O/c1-2-20(8-13(15,16)17)6-5-12(21)19-9-3-4-10(14)11(18)7-9/h3-4,7H,2,5-6,8,18H2,1H3,(H,19,21). The van der Waals surface area contributed by atoms with E-state index >= 15 is 0 Å². The predicted octanol–water partition coefficient (Wildman–Crippen LogP) is 2.62. The van der Waals surface area contributed by atoms with E-state index in [1.165, 1.54) is 12.1 Å². The molecule has 0 fully saturated rings. The first-order valence-electron chi connectivity index (χ1n) is 6.35. The van der Waals surface area contributed by atoms with Crippen LogP contribution in [-0.2, 0) is 4.79 Å². The highest BCUT2D eigenvalue weighted by Crippen LogP contribution is 2.18. The van der Waals surface area contributed by atoms with Gasteiger partial charge < -0.3 is 11.1 Å². The number of halogens is 4. The largest absolute Gasteiger partial charge is 0.401 e. The molecule has 0 unspecified atom stereocenters. The van der Waals surface area contributed by atoms with Crippen LogP contribution in [0.5, 0.6) is 0 Å². The average Bonchev–Trinajstić information content (AvgIpc) is 2.37. The van der Waals surface area contributed by atoms with Crippen LogP contribution in [0.25, 0.3) is 0 Å². The highest BCUT2D eigenvalue weighted by molar-refractivity contribution is 5.91. The Morgan fingerprint density at radius 3 is 2.57 bits per heavy atom. The minimum atomic E-state index is -4.29. The van der Waals surface area contributed by atoms with Crippen molar-refractivity contribution in [1.82, 2.24) is 4.90 Å². The first-order chi connectivity index (χ1) is 9.71. The summed E-state index contributed by atoms with van der Waals surface area (Å²) in [5.41, 5.74) is 5.54. The van der Waals surface area contributed by atoms with Crippen LogP contribution in [0.15, 0.2) is 18.2 Å². The van der Waals surface area contributed by atoms with Gasteiger partial charge in [-0.15, -0.1) is 0 Å². The van der Waals surface area contributed by atoms with E-state index in [4.69, 9.17) is 5.73 Å². The molecule has 0 aliphatic carbocycles. The molecule has 1 aromatic carbocycles.